The lowest BCUT2D eigenvalue weighted by atomic mass is 10.00. The van der Waals surface area contributed by atoms with E-state index in [0.29, 0.717) is 12.6 Å². The summed E-state index contributed by atoms with van der Waals surface area (Å²) in [6.07, 6.45) is 3.51. The van der Waals surface area contributed by atoms with Gasteiger partial charge in [0.25, 0.3) is 0 Å². The van der Waals surface area contributed by atoms with Gasteiger partial charge in [-0.3, -0.25) is 0 Å². The standard InChI is InChI=1S/C15H23F2N/c1-4-11(2)5-6-12(3)18-10-13-7-8-14(16)15(17)9-13/h7-9,11-12,18H,4-6,10H2,1-3H3. The van der Waals surface area contributed by atoms with Crippen molar-refractivity contribution < 1.29 is 8.78 Å². The summed E-state index contributed by atoms with van der Waals surface area (Å²) < 4.78 is 25.8. The molecule has 0 bridgehead atoms. The van der Waals surface area contributed by atoms with E-state index in [9.17, 15) is 8.78 Å². The van der Waals surface area contributed by atoms with Gasteiger partial charge in [-0.25, -0.2) is 8.78 Å². The Morgan fingerprint density at radius 3 is 2.44 bits per heavy atom. The highest BCUT2D eigenvalue weighted by atomic mass is 19.2. The van der Waals surface area contributed by atoms with Crippen molar-refractivity contribution >= 4 is 0 Å². The molecule has 0 aromatic heterocycles. The molecule has 102 valence electrons. The smallest absolute Gasteiger partial charge is 0.159 e. The molecule has 2 unspecified atom stereocenters. The third-order valence-corrected chi connectivity index (χ3v) is 3.43. The van der Waals surface area contributed by atoms with Crippen molar-refractivity contribution in [2.75, 3.05) is 0 Å². The van der Waals surface area contributed by atoms with Gasteiger partial charge in [0.05, 0.1) is 0 Å². The molecule has 1 N–H and O–H groups in total. The molecule has 18 heavy (non-hydrogen) atoms. The molecule has 0 radical (unpaired) electrons. The van der Waals surface area contributed by atoms with E-state index in [1.165, 1.54) is 25.0 Å². The summed E-state index contributed by atoms with van der Waals surface area (Å²) in [6, 6.07) is 4.44. The maximum Gasteiger partial charge on any atom is 0.159 e. The summed E-state index contributed by atoms with van der Waals surface area (Å²) in [7, 11) is 0. The van der Waals surface area contributed by atoms with Crippen LogP contribution in [0.5, 0.6) is 0 Å². The average molecular weight is 255 g/mol. The van der Waals surface area contributed by atoms with Crippen molar-refractivity contribution in [3.63, 3.8) is 0 Å². The van der Waals surface area contributed by atoms with Crippen LogP contribution in [0.3, 0.4) is 0 Å². The molecule has 1 nitrogen and oxygen atoms in total. The zero-order valence-electron chi connectivity index (χ0n) is 11.5. The lowest BCUT2D eigenvalue weighted by Crippen LogP contribution is -2.26. The predicted molar refractivity (Wildman–Crippen MR) is 71.3 cm³/mol. The van der Waals surface area contributed by atoms with Crippen molar-refractivity contribution in [3.8, 4) is 0 Å². The van der Waals surface area contributed by atoms with E-state index >= 15 is 0 Å². The predicted octanol–water partition coefficient (Wildman–Crippen LogP) is 4.27. The Morgan fingerprint density at radius 2 is 1.83 bits per heavy atom. The van der Waals surface area contributed by atoms with Crippen LogP contribution in [-0.4, -0.2) is 6.04 Å². The molecule has 0 aliphatic heterocycles. The summed E-state index contributed by atoms with van der Waals surface area (Å²) in [5.41, 5.74) is 0.782. The molecule has 2 atom stereocenters. The van der Waals surface area contributed by atoms with Gasteiger partial charge in [0.15, 0.2) is 11.6 Å². The van der Waals surface area contributed by atoms with Gasteiger partial charge < -0.3 is 5.32 Å². The van der Waals surface area contributed by atoms with E-state index in [4.69, 9.17) is 0 Å². The lowest BCUT2D eigenvalue weighted by molar-refractivity contribution is 0.425. The lowest BCUT2D eigenvalue weighted by Gasteiger charge is -2.16. The highest BCUT2D eigenvalue weighted by molar-refractivity contribution is 5.17. The molecule has 1 rings (SSSR count). The van der Waals surface area contributed by atoms with Gasteiger partial charge in [-0.05, 0) is 43.4 Å². The first kappa shape index (κ1) is 15.1. The molecule has 0 amide bonds. The van der Waals surface area contributed by atoms with Gasteiger partial charge in [-0.1, -0.05) is 26.3 Å². The zero-order chi connectivity index (χ0) is 13.5. The zero-order valence-corrected chi connectivity index (χ0v) is 11.5. The van der Waals surface area contributed by atoms with E-state index in [0.717, 1.165) is 17.9 Å². The summed E-state index contributed by atoms with van der Waals surface area (Å²) in [6.45, 7) is 7.16. The van der Waals surface area contributed by atoms with Gasteiger partial charge in [0, 0.05) is 12.6 Å². The first-order valence-corrected chi connectivity index (χ1v) is 6.70. The Morgan fingerprint density at radius 1 is 1.11 bits per heavy atom. The largest absolute Gasteiger partial charge is 0.310 e. The topological polar surface area (TPSA) is 12.0 Å². The molecule has 0 aliphatic carbocycles. The van der Waals surface area contributed by atoms with Crippen LogP contribution >= 0.6 is 0 Å². The van der Waals surface area contributed by atoms with Crippen LogP contribution in [0.4, 0.5) is 8.78 Å². The fourth-order valence-corrected chi connectivity index (χ4v) is 1.78. The quantitative estimate of drug-likeness (QED) is 0.767. The van der Waals surface area contributed by atoms with Crippen LogP contribution in [0.25, 0.3) is 0 Å². The Balaban J connectivity index is 2.33. The summed E-state index contributed by atoms with van der Waals surface area (Å²) in [5.74, 6) is -0.817. The number of hydrogen-bond donors (Lipinski definition) is 1. The van der Waals surface area contributed by atoms with E-state index in [1.807, 2.05) is 0 Å². The van der Waals surface area contributed by atoms with Crippen LogP contribution in [0.1, 0.15) is 45.6 Å². The number of halogens is 2. The van der Waals surface area contributed by atoms with Crippen molar-refractivity contribution in [2.45, 2.75) is 52.6 Å². The van der Waals surface area contributed by atoms with Gasteiger partial charge >= 0.3 is 0 Å². The second kappa shape index (κ2) is 7.47. The number of benzene rings is 1. The van der Waals surface area contributed by atoms with Crippen LogP contribution in [0.15, 0.2) is 18.2 Å². The highest BCUT2D eigenvalue weighted by Crippen LogP contribution is 2.12. The van der Waals surface area contributed by atoms with Gasteiger partial charge in [0.2, 0.25) is 0 Å². The monoisotopic (exact) mass is 255 g/mol. The van der Waals surface area contributed by atoms with Crippen LogP contribution in [0, 0.1) is 17.6 Å². The Kier molecular flexibility index (Phi) is 6.27. The molecule has 0 aliphatic rings. The molecular weight excluding hydrogens is 232 g/mol. The van der Waals surface area contributed by atoms with E-state index in [2.05, 4.69) is 26.1 Å². The van der Waals surface area contributed by atoms with Gasteiger partial charge in [-0.2, -0.15) is 0 Å². The molecule has 1 aromatic rings. The average Bonchev–Trinajstić information content (AvgIpc) is 2.37. The summed E-state index contributed by atoms with van der Waals surface area (Å²) >= 11 is 0. The third kappa shape index (κ3) is 5.13. The number of nitrogens with one attached hydrogen (secondary N) is 1. The van der Waals surface area contributed by atoms with E-state index in [-0.39, 0.29) is 0 Å². The molecule has 0 saturated carbocycles. The normalized spacial score (nSPS) is 14.5. The molecule has 0 spiro atoms. The molecule has 0 saturated heterocycles. The Hall–Kier alpha value is -0.960. The minimum atomic E-state index is -0.788. The van der Waals surface area contributed by atoms with Gasteiger partial charge in [-0.15, -0.1) is 0 Å². The molecule has 3 heteroatoms. The summed E-state index contributed by atoms with van der Waals surface area (Å²) in [5, 5.41) is 3.34. The first-order valence-electron chi connectivity index (χ1n) is 6.70. The number of rotatable bonds is 7. The summed E-state index contributed by atoms with van der Waals surface area (Å²) in [4.78, 5) is 0. The van der Waals surface area contributed by atoms with Crippen molar-refractivity contribution in [2.24, 2.45) is 5.92 Å². The van der Waals surface area contributed by atoms with E-state index in [1.54, 1.807) is 6.07 Å². The second-order valence-electron chi connectivity index (χ2n) is 5.12. The van der Waals surface area contributed by atoms with Gasteiger partial charge in [0.1, 0.15) is 0 Å². The molecular formula is C15H23F2N. The Bertz CT molecular complexity index is 366. The van der Waals surface area contributed by atoms with Crippen molar-refractivity contribution in [3.05, 3.63) is 35.4 Å². The maximum absolute atomic E-state index is 13.0. The fraction of sp³-hybridized carbons (Fsp3) is 0.600. The van der Waals surface area contributed by atoms with E-state index < -0.39 is 11.6 Å². The number of hydrogen-bond acceptors (Lipinski definition) is 1. The van der Waals surface area contributed by atoms with Crippen molar-refractivity contribution in [1.29, 1.82) is 0 Å². The SMILES string of the molecule is CCC(C)CCC(C)NCc1ccc(F)c(F)c1. The fourth-order valence-electron chi connectivity index (χ4n) is 1.78. The molecule has 0 heterocycles. The highest BCUT2D eigenvalue weighted by Gasteiger charge is 2.06. The first-order chi connectivity index (χ1) is 8.52. The molecule has 1 aromatic carbocycles. The van der Waals surface area contributed by atoms with Crippen LogP contribution in [0.2, 0.25) is 0 Å². The molecule has 0 fully saturated rings. The van der Waals surface area contributed by atoms with Crippen LogP contribution in [-0.2, 0) is 6.54 Å². The minimum Gasteiger partial charge on any atom is -0.310 e. The maximum atomic E-state index is 13.0. The third-order valence-electron chi connectivity index (χ3n) is 3.43. The Labute approximate surface area is 109 Å². The van der Waals surface area contributed by atoms with Crippen LogP contribution < -0.4 is 5.32 Å². The van der Waals surface area contributed by atoms with Crippen molar-refractivity contribution in [1.82, 2.24) is 5.32 Å². The second-order valence-corrected chi connectivity index (χ2v) is 5.12. The minimum absolute atomic E-state index is 0.395.